The van der Waals surface area contributed by atoms with Crippen LogP contribution in [-0.4, -0.2) is 29.1 Å². The number of carbonyl (C=O) groups excluding carboxylic acids is 1. The lowest BCUT2D eigenvalue weighted by Crippen LogP contribution is -2.30. The maximum atomic E-state index is 12.5. The zero-order valence-electron chi connectivity index (χ0n) is 20.1. The molecule has 8 heteroatoms. The molecule has 0 aromatic heterocycles. The number of nitrogens with one attached hydrogen (secondary N) is 2. The summed E-state index contributed by atoms with van der Waals surface area (Å²) in [6.45, 7) is 4.74. The van der Waals surface area contributed by atoms with Crippen molar-refractivity contribution in [3.8, 4) is 11.5 Å². The van der Waals surface area contributed by atoms with Crippen LogP contribution in [0.25, 0.3) is 6.08 Å². The first-order valence-electron chi connectivity index (χ1n) is 11.7. The molecule has 1 amide bonds. The maximum Gasteiger partial charge on any atom is 0.335 e. The van der Waals surface area contributed by atoms with Gasteiger partial charge in [-0.2, -0.15) is 0 Å². The van der Waals surface area contributed by atoms with Gasteiger partial charge in [0.25, 0.3) is 5.91 Å². The number of amides is 1. The number of aryl methyl sites for hydroxylation is 1. The Kier molecular flexibility index (Phi) is 8.17. The van der Waals surface area contributed by atoms with Gasteiger partial charge in [-0.05, 0) is 72.5 Å². The van der Waals surface area contributed by atoms with Gasteiger partial charge in [-0.3, -0.25) is 4.79 Å². The molecule has 1 fully saturated rings. The van der Waals surface area contributed by atoms with E-state index >= 15 is 0 Å². The van der Waals surface area contributed by atoms with Crippen molar-refractivity contribution in [3.05, 3.63) is 93.9 Å². The molecule has 0 aliphatic carbocycles. The molecule has 0 saturated carbocycles. The molecular formula is C28H28N2O5S. The van der Waals surface area contributed by atoms with Crippen molar-refractivity contribution in [2.24, 2.45) is 0 Å². The SMILES string of the molecule is CCOc1cc(/C=C2\SC(Nc3ccc(CC)cc3)NC2=O)ccc1OCc1ccc(C(=O)O)cc1. The fourth-order valence-electron chi connectivity index (χ4n) is 3.61. The average Bonchev–Trinajstić information content (AvgIpc) is 3.22. The Morgan fingerprint density at radius 2 is 1.72 bits per heavy atom. The summed E-state index contributed by atoms with van der Waals surface area (Å²) in [6, 6.07) is 20.2. The molecule has 36 heavy (non-hydrogen) atoms. The largest absolute Gasteiger partial charge is 0.490 e. The van der Waals surface area contributed by atoms with E-state index in [0.717, 1.165) is 23.2 Å². The summed E-state index contributed by atoms with van der Waals surface area (Å²) in [4.78, 5) is 24.2. The molecule has 1 heterocycles. The summed E-state index contributed by atoms with van der Waals surface area (Å²) in [5.41, 5.74) is 3.85. The van der Waals surface area contributed by atoms with E-state index in [0.29, 0.717) is 23.0 Å². The predicted molar refractivity (Wildman–Crippen MR) is 142 cm³/mol. The molecule has 4 rings (SSSR count). The van der Waals surface area contributed by atoms with Crippen molar-refractivity contribution in [2.75, 3.05) is 11.9 Å². The van der Waals surface area contributed by atoms with Crippen LogP contribution in [0.1, 0.15) is 40.9 Å². The number of carbonyl (C=O) groups is 2. The van der Waals surface area contributed by atoms with Crippen LogP contribution >= 0.6 is 11.8 Å². The number of benzene rings is 3. The van der Waals surface area contributed by atoms with E-state index in [-0.39, 0.29) is 23.6 Å². The number of aromatic carboxylic acids is 1. The Labute approximate surface area is 214 Å². The van der Waals surface area contributed by atoms with Gasteiger partial charge in [0.05, 0.1) is 17.1 Å². The minimum Gasteiger partial charge on any atom is -0.490 e. The molecule has 3 aromatic rings. The molecule has 186 valence electrons. The molecule has 7 nitrogen and oxygen atoms in total. The van der Waals surface area contributed by atoms with E-state index < -0.39 is 5.97 Å². The summed E-state index contributed by atoms with van der Waals surface area (Å²) in [5.74, 6) is 0.0430. The fourth-order valence-corrected chi connectivity index (χ4v) is 4.60. The molecule has 1 aliphatic rings. The lowest BCUT2D eigenvalue weighted by molar-refractivity contribution is -0.116. The number of hydrogen-bond donors (Lipinski definition) is 3. The van der Waals surface area contributed by atoms with Crippen molar-refractivity contribution in [3.63, 3.8) is 0 Å². The molecule has 3 aromatic carbocycles. The molecular weight excluding hydrogens is 476 g/mol. The second-order valence-electron chi connectivity index (χ2n) is 8.10. The molecule has 1 saturated heterocycles. The maximum absolute atomic E-state index is 12.5. The monoisotopic (exact) mass is 504 g/mol. The van der Waals surface area contributed by atoms with Crippen molar-refractivity contribution in [1.82, 2.24) is 5.32 Å². The minimum atomic E-state index is -0.965. The zero-order chi connectivity index (χ0) is 25.5. The number of ether oxygens (including phenoxy) is 2. The van der Waals surface area contributed by atoms with Gasteiger partial charge in [-0.25, -0.2) is 4.79 Å². The van der Waals surface area contributed by atoms with Crippen LogP contribution in [0.5, 0.6) is 11.5 Å². The van der Waals surface area contributed by atoms with Crippen molar-refractivity contribution < 1.29 is 24.2 Å². The van der Waals surface area contributed by atoms with E-state index in [1.807, 2.05) is 43.3 Å². The Bertz CT molecular complexity index is 1260. The average molecular weight is 505 g/mol. The molecule has 0 radical (unpaired) electrons. The fraction of sp³-hybridized carbons (Fsp3) is 0.214. The quantitative estimate of drug-likeness (QED) is 0.313. The Morgan fingerprint density at radius 1 is 1.00 bits per heavy atom. The normalized spacial score (nSPS) is 16.0. The van der Waals surface area contributed by atoms with Crippen LogP contribution in [-0.2, 0) is 17.8 Å². The van der Waals surface area contributed by atoms with Crippen LogP contribution in [0.15, 0.2) is 71.6 Å². The van der Waals surface area contributed by atoms with Gasteiger partial charge in [0.1, 0.15) is 6.61 Å². The highest BCUT2D eigenvalue weighted by molar-refractivity contribution is 8.05. The van der Waals surface area contributed by atoms with Gasteiger partial charge in [-0.15, -0.1) is 0 Å². The zero-order valence-corrected chi connectivity index (χ0v) is 20.9. The molecule has 1 atom stereocenters. The van der Waals surface area contributed by atoms with Gasteiger partial charge in [-0.1, -0.05) is 49.0 Å². The van der Waals surface area contributed by atoms with Crippen LogP contribution in [0.3, 0.4) is 0 Å². The lowest BCUT2D eigenvalue weighted by atomic mass is 10.1. The summed E-state index contributed by atoms with van der Waals surface area (Å²) in [5, 5.41) is 15.3. The van der Waals surface area contributed by atoms with E-state index in [1.54, 1.807) is 24.3 Å². The highest BCUT2D eigenvalue weighted by Crippen LogP contribution is 2.34. The first-order valence-corrected chi connectivity index (χ1v) is 12.6. The standard InChI is InChI=1S/C28H28N2O5S/c1-3-18-7-12-22(13-8-18)29-28-30-26(31)25(36-28)16-20-9-14-23(24(15-20)34-4-2)35-17-19-5-10-21(11-6-19)27(32)33/h5-16,28-29H,3-4,17H2,1-2H3,(H,30,31)(H,32,33)/b25-16-. The number of carboxylic acid groups (broad SMARTS) is 1. The first kappa shape index (κ1) is 25.2. The Morgan fingerprint density at radius 3 is 2.39 bits per heavy atom. The van der Waals surface area contributed by atoms with E-state index in [9.17, 15) is 9.59 Å². The number of thioether (sulfide) groups is 1. The first-order chi connectivity index (χ1) is 17.4. The molecule has 3 N–H and O–H groups in total. The number of carboxylic acids is 1. The summed E-state index contributed by atoms with van der Waals surface area (Å²) in [6.07, 6.45) is 2.81. The van der Waals surface area contributed by atoms with E-state index in [1.165, 1.54) is 17.3 Å². The van der Waals surface area contributed by atoms with Gasteiger partial charge >= 0.3 is 5.97 Å². The molecule has 1 unspecified atom stereocenters. The molecule has 0 spiro atoms. The number of rotatable bonds is 10. The van der Waals surface area contributed by atoms with Gasteiger partial charge in [0, 0.05) is 5.69 Å². The third kappa shape index (κ3) is 6.40. The van der Waals surface area contributed by atoms with Crippen LogP contribution < -0.4 is 20.1 Å². The smallest absolute Gasteiger partial charge is 0.335 e. The van der Waals surface area contributed by atoms with Crippen LogP contribution in [0.2, 0.25) is 0 Å². The van der Waals surface area contributed by atoms with Gasteiger partial charge < -0.3 is 25.2 Å². The van der Waals surface area contributed by atoms with Crippen LogP contribution in [0.4, 0.5) is 5.69 Å². The lowest BCUT2D eigenvalue weighted by Gasteiger charge is -2.13. The van der Waals surface area contributed by atoms with Gasteiger partial charge in [0.15, 0.2) is 17.0 Å². The number of anilines is 1. The Balaban J connectivity index is 1.43. The minimum absolute atomic E-state index is 0.134. The van der Waals surface area contributed by atoms with Crippen molar-refractivity contribution in [2.45, 2.75) is 32.4 Å². The van der Waals surface area contributed by atoms with E-state index in [4.69, 9.17) is 14.6 Å². The summed E-state index contributed by atoms with van der Waals surface area (Å²) in [7, 11) is 0. The highest BCUT2D eigenvalue weighted by atomic mass is 32.2. The highest BCUT2D eigenvalue weighted by Gasteiger charge is 2.27. The number of hydrogen-bond acceptors (Lipinski definition) is 6. The predicted octanol–water partition coefficient (Wildman–Crippen LogP) is 5.52. The third-order valence-electron chi connectivity index (χ3n) is 5.55. The van der Waals surface area contributed by atoms with Crippen LogP contribution in [0, 0.1) is 0 Å². The summed E-state index contributed by atoms with van der Waals surface area (Å²) >= 11 is 1.43. The summed E-state index contributed by atoms with van der Waals surface area (Å²) < 4.78 is 11.7. The second kappa shape index (κ2) is 11.7. The van der Waals surface area contributed by atoms with Crippen molar-refractivity contribution in [1.29, 1.82) is 0 Å². The van der Waals surface area contributed by atoms with Crippen molar-refractivity contribution >= 4 is 35.4 Å². The molecule has 1 aliphatic heterocycles. The Hall–Kier alpha value is -3.91. The third-order valence-corrected chi connectivity index (χ3v) is 6.58. The molecule has 0 bridgehead atoms. The second-order valence-corrected chi connectivity index (χ2v) is 9.25. The van der Waals surface area contributed by atoms with E-state index in [2.05, 4.69) is 29.7 Å². The topological polar surface area (TPSA) is 96.9 Å². The van der Waals surface area contributed by atoms with Gasteiger partial charge in [0.2, 0.25) is 0 Å².